The standard InChI is InChI=1S/C15H18FN/c1-4-8-15(2,3)12-5-6-13-11(10-12)7-9-17-14(13)16/h5-7,9-10H,4,8H2,1-3H3. The van der Waals surface area contributed by atoms with Crippen molar-refractivity contribution in [2.45, 2.75) is 39.0 Å². The summed E-state index contributed by atoms with van der Waals surface area (Å²) in [7, 11) is 0. The lowest BCUT2D eigenvalue weighted by molar-refractivity contribution is 0.473. The molecule has 1 heterocycles. The zero-order valence-electron chi connectivity index (χ0n) is 10.6. The molecule has 0 radical (unpaired) electrons. The van der Waals surface area contributed by atoms with Crippen molar-refractivity contribution in [2.24, 2.45) is 0 Å². The van der Waals surface area contributed by atoms with Gasteiger partial charge in [-0.05, 0) is 34.9 Å². The van der Waals surface area contributed by atoms with E-state index >= 15 is 0 Å². The molecule has 0 spiro atoms. The lowest BCUT2D eigenvalue weighted by atomic mass is 9.80. The lowest BCUT2D eigenvalue weighted by Gasteiger charge is -2.25. The van der Waals surface area contributed by atoms with Crippen molar-refractivity contribution in [3.05, 3.63) is 42.0 Å². The third kappa shape index (κ3) is 2.31. The Balaban J connectivity index is 2.52. The molecule has 0 N–H and O–H groups in total. The quantitative estimate of drug-likeness (QED) is 0.711. The number of hydrogen-bond donors (Lipinski definition) is 0. The van der Waals surface area contributed by atoms with Crippen LogP contribution in [-0.2, 0) is 5.41 Å². The van der Waals surface area contributed by atoms with E-state index in [0.717, 1.165) is 18.2 Å². The van der Waals surface area contributed by atoms with Gasteiger partial charge in [-0.3, -0.25) is 0 Å². The predicted octanol–water partition coefficient (Wildman–Crippen LogP) is 4.45. The molecular weight excluding hydrogens is 213 g/mol. The van der Waals surface area contributed by atoms with E-state index in [1.54, 1.807) is 0 Å². The number of aromatic nitrogens is 1. The Morgan fingerprint density at radius 2 is 2.00 bits per heavy atom. The van der Waals surface area contributed by atoms with Crippen LogP contribution in [0.5, 0.6) is 0 Å². The molecule has 1 aromatic carbocycles. The SMILES string of the molecule is CCCC(C)(C)c1ccc2c(F)nccc2c1. The molecule has 0 amide bonds. The topological polar surface area (TPSA) is 12.9 Å². The zero-order chi connectivity index (χ0) is 12.5. The molecule has 2 heteroatoms. The summed E-state index contributed by atoms with van der Waals surface area (Å²) in [6.45, 7) is 6.65. The fourth-order valence-electron chi connectivity index (χ4n) is 2.33. The van der Waals surface area contributed by atoms with Crippen LogP contribution in [0.2, 0.25) is 0 Å². The normalized spacial score (nSPS) is 12.0. The van der Waals surface area contributed by atoms with E-state index in [1.165, 1.54) is 11.8 Å². The van der Waals surface area contributed by atoms with Crippen molar-refractivity contribution < 1.29 is 4.39 Å². The van der Waals surface area contributed by atoms with E-state index in [9.17, 15) is 4.39 Å². The average Bonchev–Trinajstić information content (AvgIpc) is 2.29. The van der Waals surface area contributed by atoms with Gasteiger partial charge in [-0.25, -0.2) is 4.98 Å². The van der Waals surface area contributed by atoms with Gasteiger partial charge in [0, 0.05) is 11.6 Å². The molecule has 1 nitrogen and oxygen atoms in total. The maximum Gasteiger partial charge on any atom is 0.220 e. The summed E-state index contributed by atoms with van der Waals surface area (Å²) < 4.78 is 13.5. The zero-order valence-corrected chi connectivity index (χ0v) is 10.6. The number of hydrogen-bond acceptors (Lipinski definition) is 1. The van der Waals surface area contributed by atoms with Crippen LogP contribution in [0.25, 0.3) is 10.8 Å². The first-order valence-corrected chi connectivity index (χ1v) is 6.09. The minimum atomic E-state index is -0.387. The molecule has 0 aliphatic carbocycles. The number of pyridine rings is 1. The molecule has 1 aromatic heterocycles. The lowest BCUT2D eigenvalue weighted by Crippen LogP contribution is -2.16. The van der Waals surface area contributed by atoms with Crippen molar-refractivity contribution in [1.82, 2.24) is 4.98 Å². The molecule has 0 saturated heterocycles. The number of rotatable bonds is 3. The van der Waals surface area contributed by atoms with Gasteiger partial charge in [0.15, 0.2) is 0 Å². The van der Waals surface area contributed by atoms with Crippen LogP contribution in [0, 0.1) is 5.95 Å². The van der Waals surface area contributed by atoms with E-state index in [2.05, 4.69) is 31.8 Å². The summed E-state index contributed by atoms with van der Waals surface area (Å²) in [6.07, 6.45) is 3.80. The van der Waals surface area contributed by atoms with Gasteiger partial charge in [-0.1, -0.05) is 39.3 Å². The monoisotopic (exact) mass is 231 g/mol. The van der Waals surface area contributed by atoms with Gasteiger partial charge in [-0.2, -0.15) is 4.39 Å². The van der Waals surface area contributed by atoms with Crippen LogP contribution in [0.1, 0.15) is 39.2 Å². The van der Waals surface area contributed by atoms with Gasteiger partial charge in [0.05, 0.1) is 0 Å². The van der Waals surface area contributed by atoms with Crippen LogP contribution in [0.4, 0.5) is 4.39 Å². The molecule has 90 valence electrons. The van der Waals surface area contributed by atoms with Crippen LogP contribution in [0.15, 0.2) is 30.5 Å². The number of nitrogens with zero attached hydrogens (tertiary/aromatic N) is 1. The molecule has 0 saturated carbocycles. The summed E-state index contributed by atoms with van der Waals surface area (Å²) in [5.41, 5.74) is 1.40. The second-order valence-corrected chi connectivity index (χ2v) is 5.17. The van der Waals surface area contributed by atoms with Gasteiger partial charge in [0.2, 0.25) is 5.95 Å². The Kier molecular flexibility index (Phi) is 3.14. The molecular formula is C15H18FN. The fourth-order valence-corrected chi connectivity index (χ4v) is 2.33. The highest BCUT2D eigenvalue weighted by Gasteiger charge is 2.19. The van der Waals surface area contributed by atoms with Crippen molar-refractivity contribution >= 4 is 10.8 Å². The first-order valence-electron chi connectivity index (χ1n) is 6.09. The second-order valence-electron chi connectivity index (χ2n) is 5.17. The average molecular weight is 231 g/mol. The minimum Gasteiger partial charge on any atom is -0.228 e. The maximum atomic E-state index is 13.5. The summed E-state index contributed by atoms with van der Waals surface area (Å²) in [4.78, 5) is 3.67. The molecule has 0 aliphatic rings. The molecule has 0 unspecified atom stereocenters. The fraction of sp³-hybridized carbons (Fsp3) is 0.400. The third-order valence-corrected chi connectivity index (χ3v) is 3.37. The minimum absolute atomic E-state index is 0.142. The van der Waals surface area contributed by atoms with Crippen molar-refractivity contribution in [3.63, 3.8) is 0 Å². The Bertz CT molecular complexity index is 531. The van der Waals surface area contributed by atoms with Crippen LogP contribution >= 0.6 is 0 Å². The van der Waals surface area contributed by atoms with Crippen LogP contribution in [0.3, 0.4) is 0 Å². The van der Waals surface area contributed by atoms with E-state index in [-0.39, 0.29) is 11.4 Å². The molecule has 0 atom stereocenters. The molecule has 2 rings (SSSR count). The first kappa shape index (κ1) is 12.0. The molecule has 0 aliphatic heterocycles. The highest BCUT2D eigenvalue weighted by molar-refractivity contribution is 5.82. The van der Waals surface area contributed by atoms with Crippen molar-refractivity contribution in [3.8, 4) is 0 Å². The second kappa shape index (κ2) is 4.44. The summed E-state index contributed by atoms with van der Waals surface area (Å²) in [5.74, 6) is -0.387. The summed E-state index contributed by atoms with van der Waals surface area (Å²) in [5, 5.41) is 1.53. The molecule has 17 heavy (non-hydrogen) atoms. The van der Waals surface area contributed by atoms with E-state index in [4.69, 9.17) is 0 Å². The Labute approximate surface area is 102 Å². The van der Waals surface area contributed by atoms with Crippen LogP contribution in [-0.4, -0.2) is 4.98 Å². The molecule has 0 bridgehead atoms. The predicted molar refractivity (Wildman–Crippen MR) is 69.6 cm³/mol. The Morgan fingerprint density at radius 1 is 1.24 bits per heavy atom. The van der Waals surface area contributed by atoms with E-state index in [1.807, 2.05) is 18.2 Å². The van der Waals surface area contributed by atoms with Crippen LogP contribution < -0.4 is 0 Å². The highest BCUT2D eigenvalue weighted by atomic mass is 19.1. The summed E-state index contributed by atoms with van der Waals surface area (Å²) >= 11 is 0. The molecule has 0 fully saturated rings. The maximum absolute atomic E-state index is 13.5. The van der Waals surface area contributed by atoms with Gasteiger partial charge in [0.25, 0.3) is 0 Å². The van der Waals surface area contributed by atoms with E-state index in [0.29, 0.717) is 5.39 Å². The van der Waals surface area contributed by atoms with Gasteiger partial charge in [0.1, 0.15) is 0 Å². The third-order valence-electron chi connectivity index (χ3n) is 3.37. The number of benzene rings is 1. The van der Waals surface area contributed by atoms with Gasteiger partial charge < -0.3 is 0 Å². The van der Waals surface area contributed by atoms with Gasteiger partial charge in [-0.15, -0.1) is 0 Å². The largest absolute Gasteiger partial charge is 0.228 e. The smallest absolute Gasteiger partial charge is 0.220 e. The molecule has 2 aromatic rings. The van der Waals surface area contributed by atoms with Crippen molar-refractivity contribution in [2.75, 3.05) is 0 Å². The Morgan fingerprint density at radius 3 is 2.71 bits per heavy atom. The first-order chi connectivity index (χ1) is 8.04. The summed E-state index contributed by atoms with van der Waals surface area (Å²) in [6, 6.07) is 7.80. The number of halogens is 1. The number of fused-ring (bicyclic) bond motifs is 1. The van der Waals surface area contributed by atoms with Gasteiger partial charge >= 0.3 is 0 Å². The highest BCUT2D eigenvalue weighted by Crippen LogP contribution is 2.30. The van der Waals surface area contributed by atoms with Crippen molar-refractivity contribution in [1.29, 1.82) is 0 Å². The Hall–Kier alpha value is -1.44. The van der Waals surface area contributed by atoms with E-state index < -0.39 is 0 Å².